The molecule has 0 fully saturated rings. The molecule has 1 aromatic carbocycles. The van der Waals surface area contributed by atoms with E-state index in [4.69, 9.17) is 0 Å². The number of carbonyl (C=O) groups is 1. The number of rotatable bonds is 7. The summed E-state index contributed by atoms with van der Waals surface area (Å²) in [6, 6.07) is 6.32. The summed E-state index contributed by atoms with van der Waals surface area (Å²) in [5.74, 6) is -0.0365. The van der Waals surface area contributed by atoms with Crippen LogP contribution < -0.4 is 10.6 Å². The molecule has 3 nitrogen and oxygen atoms in total. The summed E-state index contributed by atoms with van der Waals surface area (Å²) in [5.41, 5.74) is 2.97. The van der Waals surface area contributed by atoms with Gasteiger partial charge in [-0.15, -0.1) is 0 Å². The van der Waals surface area contributed by atoms with Crippen LogP contribution in [-0.4, -0.2) is 19.0 Å². The molecular formula is C16H26N2O. The highest BCUT2D eigenvalue weighted by Crippen LogP contribution is 2.20. The first-order valence-electron chi connectivity index (χ1n) is 7.21. The Morgan fingerprint density at radius 1 is 1.21 bits per heavy atom. The first-order chi connectivity index (χ1) is 9.12. The Morgan fingerprint density at radius 2 is 1.84 bits per heavy atom. The van der Waals surface area contributed by atoms with Gasteiger partial charge < -0.3 is 10.6 Å². The number of carbonyl (C=O) groups excluding carboxylic acids is 1. The molecule has 0 unspecified atom stereocenters. The molecule has 3 heteroatoms. The van der Waals surface area contributed by atoms with Crippen molar-refractivity contribution in [3.05, 3.63) is 29.3 Å². The molecule has 1 amide bonds. The molecule has 106 valence electrons. The van der Waals surface area contributed by atoms with Gasteiger partial charge in [-0.3, -0.25) is 4.79 Å². The van der Waals surface area contributed by atoms with E-state index in [0.29, 0.717) is 11.6 Å². The summed E-state index contributed by atoms with van der Waals surface area (Å²) in [6.07, 6.45) is 4.67. The van der Waals surface area contributed by atoms with E-state index in [9.17, 15) is 4.79 Å². The summed E-state index contributed by atoms with van der Waals surface area (Å²) in [7, 11) is 1.66. The Labute approximate surface area is 116 Å². The molecule has 2 N–H and O–H groups in total. The summed E-state index contributed by atoms with van der Waals surface area (Å²) in [6.45, 7) is 6.49. The molecule has 0 bridgehead atoms. The van der Waals surface area contributed by atoms with Crippen LogP contribution in [0, 0.1) is 6.92 Å². The van der Waals surface area contributed by atoms with Crippen LogP contribution in [0.3, 0.4) is 0 Å². The van der Waals surface area contributed by atoms with Crippen molar-refractivity contribution in [2.24, 2.45) is 0 Å². The molecule has 1 aromatic rings. The van der Waals surface area contributed by atoms with Crippen LogP contribution in [0.1, 0.15) is 55.5 Å². The SMILES string of the molecule is CCCC(CCC)Nc1cc(C(=O)NC)ccc1C. The second-order valence-corrected chi connectivity index (χ2v) is 5.03. The molecule has 0 radical (unpaired) electrons. The maximum atomic E-state index is 11.7. The molecule has 0 atom stereocenters. The molecule has 19 heavy (non-hydrogen) atoms. The minimum absolute atomic E-state index is 0.0365. The highest BCUT2D eigenvalue weighted by atomic mass is 16.1. The van der Waals surface area contributed by atoms with Crippen molar-refractivity contribution in [3.8, 4) is 0 Å². The summed E-state index contributed by atoms with van der Waals surface area (Å²) >= 11 is 0. The highest BCUT2D eigenvalue weighted by Gasteiger charge is 2.10. The monoisotopic (exact) mass is 262 g/mol. The normalized spacial score (nSPS) is 10.6. The van der Waals surface area contributed by atoms with Gasteiger partial charge in [0.15, 0.2) is 0 Å². The van der Waals surface area contributed by atoms with Gasteiger partial charge in [0.1, 0.15) is 0 Å². The first-order valence-corrected chi connectivity index (χ1v) is 7.21. The number of amides is 1. The lowest BCUT2D eigenvalue weighted by molar-refractivity contribution is 0.0963. The van der Waals surface area contributed by atoms with E-state index in [2.05, 4.69) is 31.4 Å². The number of aryl methyl sites for hydroxylation is 1. The van der Waals surface area contributed by atoms with Crippen molar-refractivity contribution < 1.29 is 4.79 Å². The zero-order valence-electron chi connectivity index (χ0n) is 12.5. The number of hydrogen-bond acceptors (Lipinski definition) is 2. The van der Waals surface area contributed by atoms with Crippen molar-refractivity contribution in [3.63, 3.8) is 0 Å². The van der Waals surface area contributed by atoms with Gasteiger partial charge in [0.25, 0.3) is 5.91 Å². The predicted octanol–water partition coefficient (Wildman–Crippen LogP) is 3.74. The van der Waals surface area contributed by atoms with Gasteiger partial charge in [0.2, 0.25) is 0 Å². The number of benzene rings is 1. The zero-order valence-corrected chi connectivity index (χ0v) is 12.5. The van der Waals surface area contributed by atoms with E-state index in [0.717, 1.165) is 18.5 Å². The Morgan fingerprint density at radius 3 is 2.37 bits per heavy atom. The van der Waals surface area contributed by atoms with Crippen molar-refractivity contribution in [2.75, 3.05) is 12.4 Å². The van der Waals surface area contributed by atoms with E-state index in [1.54, 1.807) is 7.05 Å². The van der Waals surface area contributed by atoms with Gasteiger partial charge in [-0.1, -0.05) is 32.8 Å². The van der Waals surface area contributed by atoms with Crippen molar-refractivity contribution in [1.82, 2.24) is 5.32 Å². The standard InChI is InChI=1S/C16H26N2O/c1-5-7-14(8-6-2)18-15-11-13(16(19)17-4)10-9-12(15)3/h9-11,14,18H,5-8H2,1-4H3,(H,17,19). The smallest absolute Gasteiger partial charge is 0.251 e. The Hall–Kier alpha value is -1.51. The second-order valence-electron chi connectivity index (χ2n) is 5.03. The third-order valence-corrected chi connectivity index (χ3v) is 3.36. The summed E-state index contributed by atoms with van der Waals surface area (Å²) in [5, 5.41) is 6.25. The summed E-state index contributed by atoms with van der Waals surface area (Å²) in [4.78, 5) is 11.7. The molecule has 0 saturated heterocycles. The van der Waals surface area contributed by atoms with Crippen molar-refractivity contribution in [1.29, 1.82) is 0 Å². The number of nitrogens with one attached hydrogen (secondary N) is 2. The fourth-order valence-electron chi connectivity index (χ4n) is 2.27. The molecule has 1 rings (SSSR count). The average Bonchev–Trinajstić information content (AvgIpc) is 2.41. The molecule has 0 saturated carbocycles. The molecule has 0 aromatic heterocycles. The maximum Gasteiger partial charge on any atom is 0.251 e. The summed E-state index contributed by atoms with van der Waals surface area (Å²) < 4.78 is 0. The van der Waals surface area contributed by atoms with Gasteiger partial charge in [-0.05, 0) is 37.5 Å². The lowest BCUT2D eigenvalue weighted by atomic mass is 10.0. The third kappa shape index (κ3) is 4.58. The zero-order chi connectivity index (χ0) is 14.3. The van der Waals surface area contributed by atoms with Gasteiger partial charge >= 0.3 is 0 Å². The predicted molar refractivity (Wildman–Crippen MR) is 81.8 cm³/mol. The van der Waals surface area contributed by atoms with E-state index in [1.807, 2.05) is 18.2 Å². The molecule has 0 aliphatic rings. The van der Waals surface area contributed by atoms with Crippen LogP contribution in [-0.2, 0) is 0 Å². The lowest BCUT2D eigenvalue weighted by Crippen LogP contribution is -2.21. The first kappa shape index (κ1) is 15.5. The quantitative estimate of drug-likeness (QED) is 0.786. The van der Waals surface area contributed by atoms with Gasteiger partial charge in [0.05, 0.1) is 0 Å². The van der Waals surface area contributed by atoms with Crippen molar-refractivity contribution >= 4 is 11.6 Å². The Balaban J connectivity index is 2.88. The van der Waals surface area contributed by atoms with Crippen LogP contribution in [0.15, 0.2) is 18.2 Å². The molecule has 0 aliphatic carbocycles. The lowest BCUT2D eigenvalue weighted by Gasteiger charge is -2.20. The topological polar surface area (TPSA) is 41.1 Å². The third-order valence-electron chi connectivity index (χ3n) is 3.36. The average molecular weight is 262 g/mol. The number of hydrogen-bond donors (Lipinski definition) is 2. The van der Waals surface area contributed by atoms with E-state index in [-0.39, 0.29) is 5.91 Å². The largest absolute Gasteiger partial charge is 0.382 e. The fourth-order valence-corrected chi connectivity index (χ4v) is 2.27. The molecule has 0 heterocycles. The minimum atomic E-state index is -0.0365. The van der Waals surface area contributed by atoms with E-state index in [1.165, 1.54) is 18.4 Å². The Bertz CT molecular complexity index is 409. The highest BCUT2D eigenvalue weighted by molar-refractivity contribution is 5.95. The van der Waals surface area contributed by atoms with E-state index < -0.39 is 0 Å². The maximum absolute atomic E-state index is 11.7. The molecule has 0 spiro atoms. The fraction of sp³-hybridized carbons (Fsp3) is 0.562. The second kappa shape index (κ2) is 7.82. The van der Waals surface area contributed by atoms with Crippen LogP contribution in [0.2, 0.25) is 0 Å². The van der Waals surface area contributed by atoms with Gasteiger partial charge in [0, 0.05) is 24.3 Å². The number of anilines is 1. The van der Waals surface area contributed by atoms with Crippen molar-refractivity contribution in [2.45, 2.75) is 52.5 Å². The Kier molecular flexibility index (Phi) is 6.40. The van der Waals surface area contributed by atoms with E-state index >= 15 is 0 Å². The molecule has 0 aliphatic heterocycles. The van der Waals surface area contributed by atoms with Gasteiger partial charge in [-0.25, -0.2) is 0 Å². The van der Waals surface area contributed by atoms with Crippen LogP contribution in [0.4, 0.5) is 5.69 Å². The minimum Gasteiger partial charge on any atom is -0.382 e. The molecular weight excluding hydrogens is 236 g/mol. The van der Waals surface area contributed by atoms with Crippen LogP contribution in [0.25, 0.3) is 0 Å². The van der Waals surface area contributed by atoms with Crippen LogP contribution >= 0.6 is 0 Å². The van der Waals surface area contributed by atoms with Gasteiger partial charge in [-0.2, -0.15) is 0 Å². The van der Waals surface area contributed by atoms with Crippen LogP contribution in [0.5, 0.6) is 0 Å².